The molecule has 0 saturated carbocycles. The van der Waals surface area contributed by atoms with Gasteiger partial charge in [0, 0.05) is 17.5 Å². The summed E-state index contributed by atoms with van der Waals surface area (Å²) in [6, 6.07) is 4.86. The summed E-state index contributed by atoms with van der Waals surface area (Å²) in [7, 11) is 0. The third-order valence-corrected chi connectivity index (χ3v) is 3.96. The van der Waals surface area contributed by atoms with Crippen LogP contribution in [0, 0.1) is 13.8 Å². The molecule has 82 valence electrons. The summed E-state index contributed by atoms with van der Waals surface area (Å²) in [5.74, 6) is 2.55. The predicted molar refractivity (Wildman–Crippen MR) is 67.7 cm³/mol. The minimum atomic E-state index is 0.631. The largest absolute Gasteiger partial charge is 0.380 e. The van der Waals surface area contributed by atoms with Crippen LogP contribution in [0.1, 0.15) is 24.2 Å². The van der Waals surface area contributed by atoms with Crippen LogP contribution in [0.5, 0.6) is 0 Å². The van der Waals surface area contributed by atoms with E-state index in [4.69, 9.17) is 0 Å². The van der Waals surface area contributed by atoms with E-state index in [1.807, 2.05) is 18.7 Å². The van der Waals surface area contributed by atoms with Crippen molar-refractivity contribution < 1.29 is 0 Å². The number of rotatable bonds is 2. The van der Waals surface area contributed by atoms with Gasteiger partial charge >= 0.3 is 0 Å². The Kier molecular flexibility index (Phi) is 3.52. The molecule has 1 fully saturated rings. The molecule has 15 heavy (non-hydrogen) atoms. The van der Waals surface area contributed by atoms with Crippen LogP contribution in [0.2, 0.25) is 0 Å². The minimum Gasteiger partial charge on any atom is -0.380 e. The van der Waals surface area contributed by atoms with Crippen LogP contribution in [0.4, 0.5) is 5.69 Å². The second-order valence-corrected chi connectivity index (χ2v) is 5.29. The number of hydrogen-bond acceptors (Lipinski definition) is 3. The van der Waals surface area contributed by atoms with Crippen LogP contribution >= 0.6 is 11.8 Å². The lowest BCUT2D eigenvalue weighted by atomic mass is 10.1. The van der Waals surface area contributed by atoms with Crippen LogP contribution in [0.3, 0.4) is 0 Å². The Bertz CT molecular complexity index is 332. The van der Waals surface area contributed by atoms with Gasteiger partial charge in [0.15, 0.2) is 0 Å². The van der Waals surface area contributed by atoms with E-state index in [0.717, 1.165) is 11.4 Å². The highest BCUT2D eigenvalue weighted by atomic mass is 32.2. The van der Waals surface area contributed by atoms with E-state index in [1.54, 1.807) is 0 Å². The molecule has 3 heteroatoms. The molecule has 1 aromatic heterocycles. The molecule has 0 amide bonds. The quantitative estimate of drug-likeness (QED) is 0.832. The topological polar surface area (TPSA) is 24.9 Å². The predicted octanol–water partition coefficient (Wildman–Crippen LogP) is 3.01. The van der Waals surface area contributed by atoms with Gasteiger partial charge in [-0.2, -0.15) is 11.8 Å². The average molecular weight is 222 g/mol. The fourth-order valence-corrected chi connectivity index (χ4v) is 2.99. The van der Waals surface area contributed by atoms with Gasteiger partial charge in [-0.25, -0.2) is 0 Å². The van der Waals surface area contributed by atoms with E-state index in [0.29, 0.717) is 6.04 Å². The van der Waals surface area contributed by atoms with Gasteiger partial charge in [-0.05, 0) is 44.6 Å². The first-order valence-corrected chi connectivity index (χ1v) is 6.70. The van der Waals surface area contributed by atoms with Gasteiger partial charge in [0.25, 0.3) is 0 Å². The summed E-state index contributed by atoms with van der Waals surface area (Å²) < 4.78 is 0. The maximum atomic E-state index is 4.47. The fraction of sp³-hybridized carbons (Fsp3) is 0.583. The Morgan fingerprint density at radius 1 is 1.40 bits per heavy atom. The van der Waals surface area contributed by atoms with Crippen LogP contribution in [0.15, 0.2) is 12.1 Å². The second kappa shape index (κ2) is 4.88. The molecular weight excluding hydrogens is 204 g/mol. The van der Waals surface area contributed by atoms with Crippen LogP contribution in [-0.4, -0.2) is 22.5 Å². The molecule has 1 N–H and O–H groups in total. The fourth-order valence-electron chi connectivity index (χ4n) is 1.91. The van der Waals surface area contributed by atoms with Gasteiger partial charge in [-0.15, -0.1) is 0 Å². The van der Waals surface area contributed by atoms with Gasteiger partial charge < -0.3 is 5.32 Å². The van der Waals surface area contributed by atoms with Gasteiger partial charge in [0.2, 0.25) is 0 Å². The molecule has 0 bridgehead atoms. The van der Waals surface area contributed by atoms with Crippen molar-refractivity contribution in [2.75, 3.05) is 16.8 Å². The third-order valence-electron chi connectivity index (χ3n) is 2.74. The number of hydrogen-bond donors (Lipinski definition) is 1. The van der Waals surface area contributed by atoms with Gasteiger partial charge in [0.1, 0.15) is 0 Å². The van der Waals surface area contributed by atoms with Gasteiger partial charge in [0.05, 0.1) is 11.4 Å². The highest BCUT2D eigenvalue weighted by Crippen LogP contribution is 2.22. The van der Waals surface area contributed by atoms with Crippen molar-refractivity contribution in [1.82, 2.24) is 4.98 Å². The number of pyridine rings is 1. The second-order valence-electron chi connectivity index (χ2n) is 4.14. The minimum absolute atomic E-state index is 0.631. The van der Waals surface area contributed by atoms with E-state index >= 15 is 0 Å². The van der Waals surface area contributed by atoms with Crippen molar-refractivity contribution >= 4 is 17.4 Å². The lowest BCUT2D eigenvalue weighted by molar-refractivity contribution is 0.684. The van der Waals surface area contributed by atoms with E-state index < -0.39 is 0 Å². The zero-order valence-electron chi connectivity index (χ0n) is 9.42. The summed E-state index contributed by atoms with van der Waals surface area (Å²) in [5, 5.41) is 3.59. The Morgan fingerprint density at radius 2 is 2.27 bits per heavy atom. The zero-order valence-corrected chi connectivity index (χ0v) is 10.2. The first-order chi connectivity index (χ1) is 7.25. The SMILES string of the molecule is Cc1ccc(NC2CCCSC2)c(C)n1. The highest BCUT2D eigenvalue weighted by molar-refractivity contribution is 7.99. The first-order valence-electron chi connectivity index (χ1n) is 5.54. The molecule has 2 heterocycles. The summed E-state index contributed by atoms with van der Waals surface area (Å²) in [6.45, 7) is 4.11. The van der Waals surface area contributed by atoms with E-state index in [1.165, 1.54) is 30.0 Å². The van der Waals surface area contributed by atoms with Crippen LogP contribution in [-0.2, 0) is 0 Å². The Hall–Kier alpha value is -0.700. The molecule has 0 radical (unpaired) electrons. The van der Waals surface area contributed by atoms with Crippen molar-refractivity contribution in [1.29, 1.82) is 0 Å². The number of nitrogens with one attached hydrogen (secondary N) is 1. The normalized spacial score (nSPS) is 21.3. The number of aryl methyl sites for hydroxylation is 2. The molecule has 1 unspecified atom stereocenters. The molecule has 0 spiro atoms. The molecule has 1 aliphatic heterocycles. The molecule has 2 rings (SSSR count). The van der Waals surface area contributed by atoms with Gasteiger partial charge in [-0.1, -0.05) is 0 Å². The molecule has 2 nitrogen and oxygen atoms in total. The lowest BCUT2D eigenvalue weighted by Gasteiger charge is -2.24. The Balaban J connectivity index is 2.03. The summed E-state index contributed by atoms with van der Waals surface area (Å²) in [4.78, 5) is 4.47. The summed E-state index contributed by atoms with van der Waals surface area (Å²) in [5.41, 5.74) is 3.41. The maximum Gasteiger partial charge on any atom is 0.0606 e. The number of nitrogens with zero attached hydrogens (tertiary/aromatic N) is 1. The zero-order chi connectivity index (χ0) is 10.7. The molecule has 0 aromatic carbocycles. The lowest BCUT2D eigenvalue weighted by Crippen LogP contribution is -2.26. The Labute approximate surface area is 95.9 Å². The standard InChI is InChI=1S/C12H18N2S/c1-9-5-6-12(10(2)13-9)14-11-4-3-7-15-8-11/h5-6,11,14H,3-4,7-8H2,1-2H3. The highest BCUT2D eigenvalue weighted by Gasteiger charge is 2.14. The maximum absolute atomic E-state index is 4.47. The van der Waals surface area contributed by atoms with Crippen molar-refractivity contribution in [3.63, 3.8) is 0 Å². The van der Waals surface area contributed by atoms with Crippen molar-refractivity contribution in [2.24, 2.45) is 0 Å². The third kappa shape index (κ3) is 2.88. The van der Waals surface area contributed by atoms with E-state index in [-0.39, 0.29) is 0 Å². The van der Waals surface area contributed by atoms with Crippen molar-refractivity contribution in [2.45, 2.75) is 32.7 Å². The van der Waals surface area contributed by atoms with Gasteiger partial charge in [-0.3, -0.25) is 4.98 Å². The first kappa shape index (κ1) is 10.8. The summed E-state index contributed by atoms with van der Waals surface area (Å²) >= 11 is 2.05. The van der Waals surface area contributed by atoms with Crippen LogP contribution < -0.4 is 5.32 Å². The monoisotopic (exact) mass is 222 g/mol. The van der Waals surface area contributed by atoms with Crippen molar-refractivity contribution in [3.05, 3.63) is 23.5 Å². The molecule has 1 atom stereocenters. The smallest absolute Gasteiger partial charge is 0.0606 e. The average Bonchev–Trinajstić information content (AvgIpc) is 2.24. The molecule has 0 aliphatic carbocycles. The summed E-state index contributed by atoms with van der Waals surface area (Å²) in [6.07, 6.45) is 2.63. The molecule has 1 aromatic rings. The molecule has 1 aliphatic rings. The van der Waals surface area contributed by atoms with Crippen molar-refractivity contribution in [3.8, 4) is 0 Å². The molecule has 1 saturated heterocycles. The van der Waals surface area contributed by atoms with E-state index in [9.17, 15) is 0 Å². The van der Waals surface area contributed by atoms with Crippen LogP contribution in [0.25, 0.3) is 0 Å². The Morgan fingerprint density at radius 3 is 2.93 bits per heavy atom. The number of thioether (sulfide) groups is 1. The number of anilines is 1. The number of aromatic nitrogens is 1. The van der Waals surface area contributed by atoms with E-state index in [2.05, 4.69) is 29.4 Å². The molecular formula is C12H18N2S.